The van der Waals surface area contributed by atoms with E-state index in [1.54, 1.807) is 0 Å². The number of thiazole rings is 1. The summed E-state index contributed by atoms with van der Waals surface area (Å²) in [5, 5.41) is 20.5. The molecular weight excluding hydrogens is 813 g/mol. The molecule has 0 bridgehead atoms. The zero-order valence-electron chi connectivity index (χ0n) is 39.8. The summed E-state index contributed by atoms with van der Waals surface area (Å²) in [6.45, 7) is 22.6. The lowest BCUT2D eigenvalue weighted by Gasteiger charge is -2.35. The van der Waals surface area contributed by atoms with Gasteiger partial charge in [-0.1, -0.05) is 76.2 Å². The van der Waals surface area contributed by atoms with E-state index >= 15 is 0 Å². The van der Waals surface area contributed by atoms with E-state index in [-0.39, 0.29) is 74.0 Å². The molecule has 1 saturated heterocycles. The fourth-order valence-corrected chi connectivity index (χ4v) is 8.22. The maximum atomic E-state index is 14.7. The van der Waals surface area contributed by atoms with Crippen molar-refractivity contribution in [2.75, 3.05) is 21.1 Å². The van der Waals surface area contributed by atoms with Crippen molar-refractivity contribution in [3.05, 3.63) is 16.1 Å². The van der Waals surface area contributed by atoms with Gasteiger partial charge in [0.1, 0.15) is 36.3 Å². The Morgan fingerprint density at radius 3 is 1.53 bits per heavy atom. The van der Waals surface area contributed by atoms with Crippen LogP contribution in [0.25, 0.3) is 0 Å². The molecule has 62 heavy (non-hydrogen) atoms. The van der Waals surface area contributed by atoms with Crippen LogP contribution in [0.3, 0.4) is 0 Å². The first-order valence-electron chi connectivity index (χ1n) is 21.9. The number of ether oxygens (including phenoxy) is 1. The number of hydrogen-bond acceptors (Lipinski definition) is 11. The van der Waals surface area contributed by atoms with Gasteiger partial charge < -0.3 is 35.4 Å². The van der Waals surface area contributed by atoms with E-state index in [1.165, 1.54) is 49.2 Å². The van der Waals surface area contributed by atoms with Crippen LogP contribution in [0.4, 0.5) is 0 Å². The fourth-order valence-electron chi connectivity index (χ4n) is 7.16. The molecule has 1 aromatic rings. The Hall–Kier alpha value is -4.59. The summed E-state index contributed by atoms with van der Waals surface area (Å²) in [6, 6.07) is -4.90. The van der Waals surface area contributed by atoms with Gasteiger partial charge >= 0.3 is 5.97 Å². The Morgan fingerprint density at radius 2 is 1.11 bits per heavy atom. The van der Waals surface area contributed by atoms with Gasteiger partial charge in [-0.2, -0.15) is 5.26 Å². The third-order valence-corrected chi connectivity index (χ3v) is 11.8. The van der Waals surface area contributed by atoms with Crippen molar-refractivity contribution in [1.82, 2.24) is 35.6 Å². The summed E-state index contributed by atoms with van der Waals surface area (Å²) in [5.74, 6) is -5.03. The van der Waals surface area contributed by atoms with Crippen molar-refractivity contribution in [3.63, 3.8) is 0 Å². The van der Waals surface area contributed by atoms with Crippen LogP contribution in [0.5, 0.6) is 0 Å². The fraction of sp³-hybridized carbons (Fsp3) is 0.756. The van der Waals surface area contributed by atoms with Crippen LogP contribution in [0.15, 0.2) is 5.38 Å². The highest BCUT2D eigenvalue weighted by Gasteiger charge is 2.40. The van der Waals surface area contributed by atoms with E-state index in [0.717, 1.165) is 10.6 Å². The first-order chi connectivity index (χ1) is 28.7. The van der Waals surface area contributed by atoms with Gasteiger partial charge in [0.25, 0.3) is 5.91 Å². The van der Waals surface area contributed by atoms with Crippen LogP contribution in [0, 0.1) is 35.0 Å². The van der Waals surface area contributed by atoms with Gasteiger partial charge in [-0.25, -0.2) is 9.78 Å². The van der Waals surface area contributed by atoms with Crippen molar-refractivity contribution in [2.24, 2.45) is 23.7 Å². The predicted molar refractivity (Wildman–Crippen MR) is 238 cm³/mol. The zero-order valence-corrected chi connectivity index (χ0v) is 40.6. The molecule has 7 atom stereocenters. The number of aromatic nitrogens is 1. The minimum atomic E-state index is -1.49. The predicted octanol–water partition coefficient (Wildman–Crippen LogP) is 4.35. The van der Waals surface area contributed by atoms with Crippen LogP contribution >= 0.6 is 11.3 Å². The summed E-state index contributed by atoms with van der Waals surface area (Å²) in [4.78, 5) is 109. The van der Waals surface area contributed by atoms with Gasteiger partial charge in [0.2, 0.25) is 29.5 Å². The molecule has 0 radical (unpaired) electrons. The van der Waals surface area contributed by atoms with Gasteiger partial charge in [-0.15, -0.1) is 11.3 Å². The topological polar surface area (TPSA) is 211 Å². The van der Waals surface area contributed by atoms with Crippen molar-refractivity contribution in [2.45, 2.75) is 176 Å². The molecule has 1 unspecified atom stereocenters. The van der Waals surface area contributed by atoms with Crippen LogP contribution in [0.1, 0.15) is 132 Å². The number of nitrogens with zero attached hydrogens (tertiary/aromatic N) is 5. The number of esters is 1. The SMILES string of the molecule is CC(C)CC1NC(=O)[C@H](Cc2nc(C(C)(C)C)cs2)N(C)C(=O)[C@H](CC(C)C)NC(=O)[C@H](CC(C)C)N(C)C(=O)[C@H](CC(C)C)NC(=O)[C@@H](CCC#N)OC(=O)[C@H](C)N(C)C1=O. The highest BCUT2D eigenvalue weighted by atomic mass is 32.1. The Bertz CT molecular complexity index is 1770. The maximum absolute atomic E-state index is 14.7. The van der Waals surface area contributed by atoms with Crippen LogP contribution in [-0.2, 0) is 50.1 Å². The van der Waals surface area contributed by atoms with E-state index < -0.39 is 83.8 Å². The lowest BCUT2D eigenvalue weighted by molar-refractivity contribution is -0.163. The summed E-state index contributed by atoms with van der Waals surface area (Å²) in [6.07, 6.45) is -1.03. The lowest BCUT2D eigenvalue weighted by atomic mass is 9.93. The molecule has 1 fully saturated rings. The molecule has 0 saturated carbocycles. The quantitative estimate of drug-likeness (QED) is 0.253. The molecule has 17 heteroatoms. The van der Waals surface area contributed by atoms with Crippen LogP contribution < -0.4 is 16.0 Å². The number of hydrogen-bond donors (Lipinski definition) is 3. The Morgan fingerprint density at radius 1 is 0.694 bits per heavy atom. The second-order valence-electron chi connectivity index (χ2n) is 19.5. The molecule has 0 aliphatic carbocycles. The summed E-state index contributed by atoms with van der Waals surface area (Å²) < 4.78 is 5.69. The second-order valence-corrected chi connectivity index (χ2v) is 20.4. The summed E-state index contributed by atoms with van der Waals surface area (Å²) >= 11 is 1.36. The van der Waals surface area contributed by atoms with Gasteiger partial charge in [0.05, 0.1) is 16.8 Å². The molecule has 2 heterocycles. The highest BCUT2D eigenvalue weighted by molar-refractivity contribution is 7.09. The molecule has 3 N–H and O–H groups in total. The van der Waals surface area contributed by atoms with E-state index in [0.29, 0.717) is 5.01 Å². The van der Waals surface area contributed by atoms with Crippen molar-refractivity contribution in [3.8, 4) is 6.07 Å². The minimum Gasteiger partial charge on any atom is -0.451 e. The number of amides is 6. The average molecular weight is 887 g/mol. The summed E-state index contributed by atoms with van der Waals surface area (Å²) in [7, 11) is 4.36. The molecule has 1 aliphatic heterocycles. The number of likely N-dealkylation sites (N-methyl/N-ethyl adjacent to an activating group) is 3. The lowest BCUT2D eigenvalue weighted by Crippen LogP contribution is -2.60. The average Bonchev–Trinajstić information content (AvgIpc) is 3.66. The highest BCUT2D eigenvalue weighted by Crippen LogP contribution is 2.26. The van der Waals surface area contributed by atoms with Crippen LogP contribution in [-0.4, -0.2) is 125 Å². The van der Waals surface area contributed by atoms with E-state index in [4.69, 9.17) is 9.72 Å². The molecule has 348 valence electrons. The summed E-state index contributed by atoms with van der Waals surface area (Å²) in [5.41, 5.74) is 0.527. The first-order valence-corrected chi connectivity index (χ1v) is 22.8. The number of nitrogens with one attached hydrogen (secondary N) is 3. The second kappa shape index (κ2) is 23.7. The van der Waals surface area contributed by atoms with E-state index in [9.17, 15) is 38.8 Å². The van der Waals surface area contributed by atoms with Gasteiger partial charge in [0, 0.05) is 51.2 Å². The van der Waals surface area contributed by atoms with E-state index in [1.807, 2.05) is 87.6 Å². The Balaban J connectivity index is 2.89. The Kier molecular flexibility index (Phi) is 20.5. The van der Waals surface area contributed by atoms with E-state index in [2.05, 4.69) is 16.0 Å². The normalized spacial score (nSPS) is 24.9. The Labute approximate surface area is 373 Å². The molecule has 2 rings (SSSR count). The number of carbonyl (C=O) groups is 7. The molecule has 16 nitrogen and oxygen atoms in total. The number of rotatable bonds is 12. The van der Waals surface area contributed by atoms with Crippen LogP contribution in [0.2, 0.25) is 0 Å². The zero-order chi connectivity index (χ0) is 47.4. The minimum absolute atomic E-state index is 0.00783. The number of nitriles is 1. The van der Waals surface area contributed by atoms with Crippen molar-refractivity contribution in [1.29, 1.82) is 5.26 Å². The van der Waals surface area contributed by atoms with Crippen molar-refractivity contribution >= 4 is 52.7 Å². The molecular formula is C45H74N8O8S. The molecule has 0 aromatic carbocycles. The standard InChI is InChI=1S/C45H74N8O8S/c1-25(2)19-30-41(57)51(13)29(9)44(60)61-35(17-16-18-46)40(56)49-32(21-27(5)6)43(59)52(14)33(22-28(7)8)38(54)48-31(20-26(3)4)42(58)53(15)34(39(55)47-30)23-37-50-36(24-62-37)45(10,11)12/h24-35H,16-17,19-23H2,1-15H3,(H,47,55)(H,48,54)(H,49,56)/t29-,30?,31-,32-,33-,34-,35+/m0/s1. The van der Waals surface area contributed by atoms with Gasteiger partial charge in [0.15, 0.2) is 6.10 Å². The smallest absolute Gasteiger partial charge is 0.329 e. The van der Waals surface area contributed by atoms with Gasteiger partial charge in [-0.05, 0) is 56.3 Å². The molecule has 1 aliphatic rings. The molecule has 6 amide bonds. The maximum Gasteiger partial charge on any atom is 0.329 e. The monoisotopic (exact) mass is 887 g/mol. The van der Waals surface area contributed by atoms with Crippen molar-refractivity contribution < 1.29 is 38.3 Å². The number of carbonyl (C=O) groups excluding carboxylic acids is 7. The number of cyclic esters (lactones) is 1. The molecule has 0 spiro atoms. The molecule has 1 aromatic heterocycles. The van der Waals surface area contributed by atoms with Gasteiger partial charge in [-0.3, -0.25) is 28.8 Å². The first kappa shape index (κ1) is 53.5. The third kappa shape index (κ3) is 15.6. The largest absolute Gasteiger partial charge is 0.451 e. The third-order valence-electron chi connectivity index (χ3n) is 10.9.